The molecule has 1 aliphatic heterocycles. The quantitative estimate of drug-likeness (QED) is 0.369. The SMILES string of the molecule is COC(=O)[C@H]1CC2(C(=O)N3Cc4c(NC(C)c5cc(N)cc(C(F)(F)F)c5)nc5nnc(C)n5c4C3)CC1C2. The number of hydrogen-bond acceptors (Lipinski definition) is 8. The average molecular weight is 544 g/mol. The van der Waals surface area contributed by atoms with Crippen molar-refractivity contribution in [1.82, 2.24) is 24.5 Å². The number of hydrogen-bond donors (Lipinski definition) is 2. The molecule has 13 heteroatoms. The standard InChI is InChI=1S/C26H28F3N7O3/c1-12(14-4-16(26(27,28)29)6-17(30)5-14)31-21-19-10-35(11-20(19)36-13(2)33-34-24(36)32-21)23(38)25-7-15(8-25)18(9-25)22(37)39-3/h4-6,12,15,18H,7-11,30H2,1-3H3,(H,31,32,34)/t12?,15?,18-,25?/m0/s1. The minimum atomic E-state index is -4.53. The summed E-state index contributed by atoms with van der Waals surface area (Å²) in [5.41, 5.74) is 6.28. The van der Waals surface area contributed by atoms with Crippen LogP contribution < -0.4 is 11.1 Å². The predicted molar refractivity (Wildman–Crippen MR) is 133 cm³/mol. The highest BCUT2D eigenvalue weighted by Crippen LogP contribution is 2.63. The van der Waals surface area contributed by atoms with Crippen molar-refractivity contribution in [3.63, 3.8) is 0 Å². The van der Waals surface area contributed by atoms with Crippen LogP contribution in [0.15, 0.2) is 18.2 Å². The molecule has 3 heterocycles. The van der Waals surface area contributed by atoms with Gasteiger partial charge < -0.3 is 20.7 Å². The smallest absolute Gasteiger partial charge is 0.416 e. The molecule has 1 unspecified atom stereocenters. The number of anilines is 2. The Morgan fingerprint density at radius 1 is 1.18 bits per heavy atom. The van der Waals surface area contributed by atoms with E-state index in [9.17, 15) is 22.8 Å². The zero-order valence-electron chi connectivity index (χ0n) is 21.7. The Morgan fingerprint density at radius 2 is 1.92 bits per heavy atom. The number of alkyl halides is 3. The number of halogens is 3. The molecular weight excluding hydrogens is 515 g/mol. The van der Waals surface area contributed by atoms with E-state index >= 15 is 0 Å². The number of rotatable bonds is 5. The molecule has 0 radical (unpaired) electrons. The molecule has 1 aromatic carbocycles. The molecule has 39 heavy (non-hydrogen) atoms. The van der Waals surface area contributed by atoms with Gasteiger partial charge in [0.2, 0.25) is 5.91 Å². The van der Waals surface area contributed by atoms with Gasteiger partial charge in [-0.1, -0.05) is 0 Å². The van der Waals surface area contributed by atoms with Gasteiger partial charge in [-0.05, 0) is 62.8 Å². The third kappa shape index (κ3) is 3.97. The van der Waals surface area contributed by atoms with Gasteiger partial charge in [0, 0.05) is 11.3 Å². The summed E-state index contributed by atoms with van der Waals surface area (Å²) in [6.45, 7) is 4.09. The molecule has 0 spiro atoms. The van der Waals surface area contributed by atoms with Crippen LogP contribution in [0, 0.1) is 24.2 Å². The maximum absolute atomic E-state index is 13.8. The lowest BCUT2D eigenvalue weighted by atomic mass is 9.68. The van der Waals surface area contributed by atoms with Crippen LogP contribution in [0.5, 0.6) is 0 Å². The monoisotopic (exact) mass is 543 g/mol. The number of amides is 1. The summed E-state index contributed by atoms with van der Waals surface area (Å²) in [7, 11) is 1.37. The normalized spacial score (nSPS) is 24.4. The number of nitrogens with one attached hydrogen (secondary N) is 1. The predicted octanol–water partition coefficient (Wildman–Crippen LogP) is 3.64. The fraction of sp³-hybridized carbons (Fsp3) is 0.500. The molecule has 3 aliphatic carbocycles. The number of nitrogens with zero attached hydrogens (tertiary/aromatic N) is 5. The number of ether oxygens (including phenoxy) is 1. The summed E-state index contributed by atoms with van der Waals surface area (Å²) in [4.78, 5) is 32.3. The number of nitrogen functional groups attached to an aromatic ring is 1. The Morgan fingerprint density at radius 3 is 2.62 bits per heavy atom. The van der Waals surface area contributed by atoms with E-state index < -0.39 is 23.2 Å². The Hall–Kier alpha value is -3.90. The zero-order chi connectivity index (χ0) is 27.9. The molecule has 1 amide bonds. The van der Waals surface area contributed by atoms with E-state index in [1.54, 1.807) is 23.1 Å². The van der Waals surface area contributed by atoms with Crippen molar-refractivity contribution in [2.45, 2.75) is 58.4 Å². The number of aromatic nitrogens is 4. The summed E-state index contributed by atoms with van der Waals surface area (Å²) in [6, 6.07) is 2.88. The van der Waals surface area contributed by atoms with Crippen molar-refractivity contribution >= 4 is 29.2 Å². The third-order valence-electron chi connectivity index (χ3n) is 8.50. The average Bonchev–Trinajstić information content (AvgIpc) is 3.63. The summed E-state index contributed by atoms with van der Waals surface area (Å²) in [5.74, 6) is 0.997. The largest absolute Gasteiger partial charge is 0.469 e. The molecule has 3 saturated carbocycles. The van der Waals surface area contributed by atoms with Crippen LogP contribution in [-0.4, -0.2) is 43.5 Å². The maximum atomic E-state index is 13.8. The van der Waals surface area contributed by atoms with Crippen molar-refractivity contribution in [2.75, 3.05) is 18.2 Å². The molecule has 206 valence electrons. The molecule has 7 rings (SSSR count). The molecule has 3 aromatic rings. The van der Waals surface area contributed by atoms with Gasteiger partial charge in [0.05, 0.1) is 48.8 Å². The van der Waals surface area contributed by atoms with Gasteiger partial charge in [-0.25, -0.2) is 0 Å². The maximum Gasteiger partial charge on any atom is 0.416 e. The number of benzene rings is 1. The summed E-state index contributed by atoms with van der Waals surface area (Å²) in [6.07, 6.45) is -2.72. The lowest BCUT2D eigenvalue weighted by Gasteiger charge is -2.39. The van der Waals surface area contributed by atoms with Gasteiger partial charge in [0.15, 0.2) is 0 Å². The molecule has 4 aliphatic rings. The number of nitrogens with two attached hydrogens (primary N) is 1. The Kier molecular flexibility index (Phi) is 5.57. The van der Waals surface area contributed by atoms with Gasteiger partial charge in [-0.3, -0.25) is 14.0 Å². The summed E-state index contributed by atoms with van der Waals surface area (Å²) >= 11 is 0. The number of aryl methyl sites for hydroxylation is 1. The first-order valence-electron chi connectivity index (χ1n) is 12.7. The topological polar surface area (TPSA) is 128 Å². The Bertz CT molecular complexity index is 1510. The number of fused-ring (bicyclic) bond motifs is 4. The fourth-order valence-electron chi connectivity index (χ4n) is 6.59. The second-order valence-electron chi connectivity index (χ2n) is 11.0. The first-order valence-corrected chi connectivity index (χ1v) is 12.7. The Labute approximate surface area is 221 Å². The first kappa shape index (κ1) is 25.4. The van der Waals surface area contributed by atoms with E-state index in [2.05, 4.69) is 20.5 Å². The minimum absolute atomic E-state index is 0.00634. The number of carbonyl (C=O) groups excluding carboxylic acids is 2. The van der Waals surface area contributed by atoms with Gasteiger partial charge in [0.1, 0.15) is 11.6 Å². The number of carbonyl (C=O) groups is 2. The first-order chi connectivity index (χ1) is 18.4. The highest BCUT2D eigenvalue weighted by atomic mass is 19.4. The number of esters is 1. The number of methoxy groups -OCH3 is 1. The van der Waals surface area contributed by atoms with E-state index in [-0.39, 0.29) is 35.9 Å². The van der Waals surface area contributed by atoms with Crippen LogP contribution in [0.25, 0.3) is 5.78 Å². The van der Waals surface area contributed by atoms with Crippen LogP contribution in [0.1, 0.15) is 60.4 Å². The van der Waals surface area contributed by atoms with E-state index in [0.29, 0.717) is 48.8 Å². The van der Waals surface area contributed by atoms with Crippen molar-refractivity contribution < 1.29 is 27.5 Å². The Balaban J connectivity index is 1.30. The molecule has 2 bridgehead atoms. The second kappa shape index (κ2) is 8.55. The fourth-order valence-corrected chi connectivity index (χ4v) is 6.59. The van der Waals surface area contributed by atoms with E-state index in [1.165, 1.54) is 13.2 Å². The summed E-state index contributed by atoms with van der Waals surface area (Å²) < 4.78 is 46.9. The van der Waals surface area contributed by atoms with Gasteiger partial charge in [0.25, 0.3) is 5.78 Å². The van der Waals surface area contributed by atoms with Crippen LogP contribution in [-0.2, 0) is 33.6 Å². The molecule has 3 fully saturated rings. The van der Waals surface area contributed by atoms with Crippen LogP contribution in [0.4, 0.5) is 24.7 Å². The third-order valence-corrected chi connectivity index (χ3v) is 8.50. The van der Waals surface area contributed by atoms with Crippen LogP contribution in [0.3, 0.4) is 0 Å². The molecule has 2 atom stereocenters. The molecule has 3 N–H and O–H groups in total. The highest BCUT2D eigenvalue weighted by Gasteiger charge is 2.63. The van der Waals surface area contributed by atoms with Crippen molar-refractivity contribution in [1.29, 1.82) is 0 Å². The molecule has 0 saturated heterocycles. The van der Waals surface area contributed by atoms with Crippen LogP contribution in [0.2, 0.25) is 0 Å². The van der Waals surface area contributed by atoms with Gasteiger partial charge in [-0.2, -0.15) is 18.2 Å². The molecule has 2 aromatic heterocycles. The molecular formula is C26H28F3N7O3. The lowest BCUT2D eigenvalue weighted by molar-refractivity contribution is -0.148. The van der Waals surface area contributed by atoms with E-state index in [0.717, 1.165) is 23.4 Å². The van der Waals surface area contributed by atoms with E-state index in [4.69, 9.17) is 10.5 Å². The minimum Gasteiger partial charge on any atom is -0.469 e. The van der Waals surface area contributed by atoms with Crippen molar-refractivity contribution in [3.05, 3.63) is 46.4 Å². The van der Waals surface area contributed by atoms with Gasteiger partial charge in [-0.15, -0.1) is 10.2 Å². The molecule has 10 nitrogen and oxygen atoms in total. The van der Waals surface area contributed by atoms with Crippen LogP contribution >= 0.6 is 0 Å². The van der Waals surface area contributed by atoms with E-state index in [1.807, 2.05) is 0 Å². The second-order valence-corrected chi connectivity index (χ2v) is 11.0. The lowest BCUT2D eigenvalue weighted by Crippen LogP contribution is -2.44. The summed E-state index contributed by atoms with van der Waals surface area (Å²) in [5, 5.41) is 11.5. The van der Waals surface area contributed by atoms with Gasteiger partial charge >= 0.3 is 12.1 Å². The van der Waals surface area contributed by atoms with Crippen molar-refractivity contribution in [3.8, 4) is 0 Å². The van der Waals surface area contributed by atoms with Crippen molar-refractivity contribution in [2.24, 2.45) is 17.3 Å². The zero-order valence-corrected chi connectivity index (χ0v) is 21.7. The highest BCUT2D eigenvalue weighted by molar-refractivity contribution is 5.88.